The molecule has 170 valence electrons. The van der Waals surface area contributed by atoms with E-state index in [9.17, 15) is 9.90 Å². The lowest BCUT2D eigenvalue weighted by Gasteiger charge is -2.28. The van der Waals surface area contributed by atoms with Crippen molar-refractivity contribution in [3.8, 4) is 0 Å². The maximum atomic E-state index is 11.1. The van der Waals surface area contributed by atoms with Crippen LogP contribution in [0.2, 0.25) is 0 Å². The van der Waals surface area contributed by atoms with Gasteiger partial charge < -0.3 is 10.2 Å². The number of carboxylic acid groups (broad SMARTS) is 1. The molecule has 0 amide bonds. The molecule has 0 radical (unpaired) electrons. The fourth-order valence-electron chi connectivity index (χ4n) is 4.72. The largest absolute Gasteiger partial charge is 0.477 e. The summed E-state index contributed by atoms with van der Waals surface area (Å²) in [5, 5.41) is 19.5. The quantitative estimate of drug-likeness (QED) is 0.254. The molecule has 0 bridgehead atoms. The molecular weight excluding hydrogens is 451 g/mol. The topological polar surface area (TPSA) is 57.5 Å². The lowest BCUT2D eigenvalue weighted by atomic mass is 9.84. The number of carbonyl (C=O) groups is 1. The van der Waals surface area contributed by atoms with E-state index in [0.717, 1.165) is 73.8 Å². The minimum Gasteiger partial charge on any atom is -0.477 e. The Morgan fingerprint density at radius 3 is 2.55 bits per heavy atom. The zero-order valence-corrected chi connectivity index (χ0v) is 20.4. The molecule has 3 rings (SSSR count). The van der Waals surface area contributed by atoms with Crippen molar-refractivity contribution in [3.63, 3.8) is 0 Å². The normalized spacial score (nSPS) is 21.3. The predicted molar refractivity (Wildman–Crippen MR) is 130 cm³/mol. The van der Waals surface area contributed by atoms with E-state index in [0.29, 0.717) is 10.8 Å². The standard InChI is InChI=1S/C25H32Cl2O3S/c1-2-3-4-8-21(28)17-9-11-19(12-10-17)23-18(15-16-25(23,26)27)6-5-7-20-13-14-22(31-20)24(29)30/h9-14,18,21,23,28H,2-8,15-16H2,1H3,(H,29,30)/t18-,21?,23-/m0/s1. The molecule has 2 aromatic rings. The van der Waals surface area contributed by atoms with E-state index in [-0.39, 0.29) is 5.92 Å². The lowest BCUT2D eigenvalue weighted by molar-refractivity contribution is 0.0702. The van der Waals surface area contributed by atoms with Crippen LogP contribution in [0.4, 0.5) is 0 Å². The predicted octanol–water partition coefficient (Wildman–Crippen LogP) is 7.75. The van der Waals surface area contributed by atoms with Crippen molar-refractivity contribution in [2.75, 3.05) is 0 Å². The van der Waals surface area contributed by atoms with E-state index >= 15 is 0 Å². The number of hydrogen-bond acceptors (Lipinski definition) is 3. The van der Waals surface area contributed by atoms with Gasteiger partial charge >= 0.3 is 5.97 Å². The third kappa shape index (κ3) is 6.47. The number of unbranched alkanes of at least 4 members (excludes halogenated alkanes) is 2. The van der Waals surface area contributed by atoms with Gasteiger partial charge in [-0.3, -0.25) is 0 Å². The number of aliphatic hydroxyl groups excluding tert-OH is 1. The highest BCUT2D eigenvalue weighted by Gasteiger charge is 2.46. The zero-order chi connectivity index (χ0) is 22.4. The summed E-state index contributed by atoms with van der Waals surface area (Å²) >= 11 is 14.8. The van der Waals surface area contributed by atoms with Gasteiger partial charge in [0, 0.05) is 10.8 Å². The summed E-state index contributed by atoms with van der Waals surface area (Å²) in [4.78, 5) is 12.6. The van der Waals surface area contributed by atoms with Crippen LogP contribution in [0, 0.1) is 5.92 Å². The van der Waals surface area contributed by atoms with Crippen molar-refractivity contribution in [3.05, 3.63) is 57.3 Å². The van der Waals surface area contributed by atoms with Crippen LogP contribution in [-0.4, -0.2) is 20.5 Å². The van der Waals surface area contributed by atoms with Gasteiger partial charge in [0.15, 0.2) is 0 Å². The Labute approximate surface area is 199 Å². The second kappa shape index (κ2) is 11.2. The van der Waals surface area contributed by atoms with Crippen molar-refractivity contribution in [1.29, 1.82) is 0 Å². The molecule has 0 spiro atoms. The van der Waals surface area contributed by atoms with Crippen LogP contribution >= 0.6 is 34.5 Å². The SMILES string of the molecule is CCCCCC(O)c1ccc([C@@H]2[C@@H](CCCc3ccc(C(=O)O)s3)CCC2(Cl)Cl)cc1. The molecule has 1 aromatic heterocycles. The fraction of sp³-hybridized carbons (Fsp3) is 0.560. The van der Waals surface area contributed by atoms with Gasteiger partial charge in [0.05, 0.1) is 6.10 Å². The number of alkyl halides is 2. The third-order valence-corrected chi connectivity index (χ3v) is 8.39. The van der Waals surface area contributed by atoms with Crippen LogP contribution in [0.1, 0.15) is 96.0 Å². The van der Waals surface area contributed by atoms with Gasteiger partial charge in [0.25, 0.3) is 0 Å². The number of carboxylic acids is 1. The van der Waals surface area contributed by atoms with Crippen LogP contribution in [0.5, 0.6) is 0 Å². The van der Waals surface area contributed by atoms with E-state index < -0.39 is 16.4 Å². The number of aromatic carboxylic acids is 1. The molecule has 1 aliphatic rings. The Balaban J connectivity index is 1.61. The number of halogens is 2. The van der Waals surface area contributed by atoms with E-state index in [2.05, 4.69) is 19.1 Å². The average molecular weight is 484 g/mol. The Kier molecular flexibility index (Phi) is 8.86. The Bertz CT molecular complexity index is 847. The minimum absolute atomic E-state index is 0.0695. The lowest BCUT2D eigenvalue weighted by Crippen LogP contribution is -2.21. The Morgan fingerprint density at radius 2 is 1.90 bits per heavy atom. The van der Waals surface area contributed by atoms with Gasteiger partial charge in [-0.15, -0.1) is 34.5 Å². The monoisotopic (exact) mass is 482 g/mol. The molecule has 1 fully saturated rings. The van der Waals surface area contributed by atoms with E-state index in [1.54, 1.807) is 6.07 Å². The summed E-state index contributed by atoms with van der Waals surface area (Å²) in [6, 6.07) is 11.8. The first-order valence-electron chi connectivity index (χ1n) is 11.3. The Morgan fingerprint density at radius 1 is 1.16 bits per heavy atom. The number of aryl methyl sites for hydroxylation is 1. The van der Waals surface area contributed by atoms with Crippen molar-refractivity contribution in [1.82, 2.24) is 0 Å². The first kappa shape index (κ1) is 24.6. The number of benzene rings is 1. The van der Waals surface area contributed by atoms with Crippen LogP contribution in [0.15, 0.2) is 36.4 Å². The van der Waals surface area contributed by atoms with E-state index in [1.807, 2.05) is 18.2 Å². The molecule has 3 atom stereocenters. The van der Waals surface area contributed by atoms with Gasteiger partial charge in [-0.05, 0) is 67.7 Å². The number of rotatable bonds is 11. The first-order valence-corrected chi connectivity index (χ1v) is 12.9. The maximum absolute atomic E-state index is 11.1. The molecule has 1 saturated carbocycles. The molecule has 3 nitrogen and oxygen atoms in total. The van der Waals surface area contributed by atoms with Gasteiger partial charge in [-0.1, -0.05) is 50.5 Å². The summed E-state index contributed by atoms with van der Waals surface area (Å²) in [7, 11) is 0. The molecule has 1 aromatic carbocycles. The van der Waals surface area contributed by atoms with Crippen molar-refractivity contribution < 1.29 is 15.0 Å². The second-order valence-electron chi connectivity index (χ2n) is 8.68. The highest BCUT2D eigenvalue weighted by molar-refractivity contribution is 7.13. The second-order valence-corrected chi connectivity index (χ2v) is 11.4. The molecular formula is C25H32Cl2O3S. The van der Waals surface area contributed by atoms with E-state index in [4.69, 9.17) is 28.3 Å². The molecule has 6 heteroatoms. The van der Waals surface area contributed by atoms with Crippen molar-refractivity contribution in [2.24, 2.45) is 5.92 Å². The average Bonchev–Trinajstić information content (AvgIpc) is 3.33. The third-order valence-electron chi connectivity index (χ3n) is 6.41. The molecule has 2 N–H and O–H groups in total. The summed E-state index contributed by atoms with van der Waals surface area (Å²) in [6.07, 6.45) is 8.33. The van der Waals surface area contributed by atoms with Crippen molar-refractivity contribution in [2.45, 2.75) is 81.1 Å². The van der Waals surface area contributed by atoms with Crippen LogP contribution in [-0.2, 0) is 6.42 Å². The van der Waals surface area contributed by atoms with E-state index in [1.165, 1.54) is 11.3 Å². The summed E-state index contributed by atoms with van der Waals surface area (Å²) in [6.45, 7) is 2.16. The summed E-state index contributed by atoms with van der Waals surface area (Å²) in [5.41, 5.74) is 2.09. The van der Waals surface area contributed by atoms with Gasteiger partial charge in [0.1, 0.15) is 9.21 Å². The van der Waals surface area contributed by atoms with Gasteiger partial charge in [-0.25, -0.2) is 4.79 Å². The van der Waals surface area contributed by atoms with Crippen molar-refractivity contribution >= 4 is 40.5 Å². The molecule has 31 heavy (non-hydrogen) atoms. The zero-order valence-electron chi connectivity index (χ0n) is 18.0. The van der Waals surface area contributed by atoms with Gasteiger partial charge in [-0.2, -0.15) is 0 Å². The molecule has 0 saturated heterocycles. The fourth-order valence-corrected chi connectivity index (χ4v) is 6.43. The van der Waals surface area contributed by atoms with Gasteiger partial charge in [0.2, 0.25) is 0 Å². The molecule has 1 unspecified atom stereocenters. The highest BCUT2D eigenvalue weighted by Crippen LogP contribution is 2.55. The number of thiophene rings is 1. The summed E-state index contributed by atoms with van der Waals surface area (Å²) in [5.74, 6) is -0.394. The molecule has 0 aliphatic heterocycles. The van der Waals surface area contributed by atoms with Crippen LogP contribution in [0.3, 0.4) is 0 Å². The maximum Gasteiger partial charge on any atom is 0.345 e. The first-order chi connectivity index (χ1) is 14.8. The highest BCUT2D eigenvalue weighted by atomic mass is 35.5. The molecule has 1 heterocycles. The minimum atomic E-state index is -0.861. The number of hydrogen-bond donors (Lipinski definition) is 2. The molecule has 1 aliphatic carbocycles. The van der Waals surface area contributed by atoms with Crippen LogP contribution < -0.4 is 0 Å². The smallest absolute Gasteiger partial charge is 0.345 e. The summed E-state index contributed by atoms with van der Waals surface area (Å²) < 4.78 is -0.772. The number of aliphatic hydroxyl groups is 1. The Hall–Kier alpha value is -1.07. The van der Waals surface area contributed by atoms with Crippen LogP contribution in [0.25, 0.3) is 0 Å².